The molecule has 19 nitrogen and oxygen atoms in total. The van der Waals surface area contributed by atoms with Crippen molar-refractivity contribution < 1.29 is 79.0 Å². The van der Waals surface area contributed by atoms with Gasteiger partial charge in [0.2, 0.25) is 11.4 Å². The minimum atomic E-state index is -5.11. The van der Waals surface area contributed by atoms with Crippen molar-refractivity contribution in [2.75, 3.05) is 12.3 Å². The third-order valence-corrected chi connectivity index (χ3v) is 12.5. The smallest absolute Gasteiger partial charge is 0.425 e. The summed E-state index contributed by atoms with van der Waals surface area (Å²) in [5.41, 5.74) is 1.03. The Hall–Kier alpha value is -5.44. The lowest BCUT2D eigenvalue weighted by molar-refractivity contribution is -0.437. The molecule has 6 rings (SSSR count). The van der Waals surface area contributed by atoms with Crippen LogP contribution in [0, 0.1) is 0 Å². The van der Waals surface area contributed by atoms with Crippen LogP contribution in [0.4, 0.5) is 5.69 Å². The Morgan fingerprint density at radius 2 is 1.32 bits per heavy atom. The summed E-state index contributed by atoms with van der Waals surface area (Å²) >= 11 is 0. The summed E-state index contributed by atoms with van der Waals surface area (Å²) in [7, 11) is -22.4. The Kier molecular flexibility index (Phi) is 13.4. The zero-order valence-electron chi connectivity index (χ0n) is 30.5. The minimum absolute atomic E-state index is 0.0534. The van der Waals surface area contributed by atoms with Gasteiger partial charge in [-0.25, -0.2) is 8.42 Å². The van der Waals surface area contributed by atoms with Crippen molar-refractivity contribution in [2.45, 2.75) is 40.5 Å². The standard InChI is InChI=1S/C36H32N2O14S4.O3S/c39-33(40)16-8-19-37-27(23-10-6-12-25-30(54(44,45)46)18-17-29(37)34(23)25)14-4-2-1-3-5-15-28-24-11-7-13-26-31(55(47,48)49)22-32(56(50,51)52)36(35(24)26)38(28)20-9-21-53(41,42)43;1-4(2)3/h1-7,10-15,17-18,22H,8-9,16,19-21H2,(H4-,39,40,41,42,43,44,45,46,47,48,49,50,51,52);. The van der Waals surface area contributed by atoms with Gasteiger partial charge in [-0.2, -0.15) is 29.8 Å². The molecule has 0 radical (unpaired) electrons. The molecule has 0 aliphatic carbocycles. The predicted octanol–water partition coefficient (Wildman–Crippen LogP) is 2.80. The normalized spacial score (nSPS) is 14.1. The van der Waals surface area contributed by atoms with E-state index < -0.39 is 72.6 Å². The summed E-state index contributed by atoms with van der Waals surface area (Å²) in [4.78, 5) is 9.25. The second-order valence-corrected chi connectivity index (χ2v) is 19.0. The van der Waals surface area contributed by atoms with Crippen LogP contribution in [0.15, 0.2) is 106 Å². The summed E-state index contributed by atoms with van der Waals surface area (Å²) in [6.07, 6.45) is 11.3. The molecule has 4 aromatic carbocycles. The predicted molar refractivity (Wildman–Crippen MR) is 215 cm³/mol. The summed E-state index contributed by atoms with van der Waals surface area (Å²) < 4.78 is 167. The van der Waals surface area contributed by atoms with Gasteiger partial charge < -0.3 is 14.2 Å². The molecule has 24 heteroatoms. The monoisotopic (exact) mass is 924 g/mol. The van der Waals surface area contributed by atoms with Crippen LogP contribution in [-0.4, -0.2) is 103 Å². The van der Waals surface area contributed by atoms with Gasteiger partial charge >= 0.3 is 26.7 Å². The number of hydrogen-bond acceptors (Lipinski definition) is 13. The van der Waals surface area contributed by atoms with E-state index >= 15 is 0 Å². The van der Waals surface area contributed by atoms with E-state index in [-0.39, 0.29) is 64.8 Å². The van der Waals surface area contributed by atoms with Crippen molar-refractivity contribution in [2.24, 2.45) is 0 Å². The lowest BCUT2D eigenvalue weighted by atomic mass is 10.0. The Bertz CT molecular complexity index is 3340. The van der Waals surface area contributed by atoms with Gasteiger partial charge in [0.05, 0.1) is 21.6 Å². The van der Waals surface area contributed by atoms with Crippen LogP contribution >= 0.6 is 0 Å². The molecule has 0 fully saturated rings. The maximum absolute atomic E-state index is 12.6. The van der Waals surface area contributed by atoms with E-state index in [9.17, 15) is 61.8 Å². The number of allylic oxidation sites excluding steroid dienone is 6. The van der Waals surface area contributed by atoms with Gasteiger partial charge in [-0.3, -0.25) is 18.5 Å². The third-order valence-electron chi connectivity index (χ3n) is 9.07. The van der Waals surface area contributed by atoms with Crippen LogP contribution in [-0.2, 0) is 62.4 Å². The highest BCUT2D eigenvalue weighted by Gasteiger charge is 2.39. The van der Waals surface area contributed by atoms with E-state index in [2.05, 4.69) is 0 Å². The molecule has 318 valence electrons. The van der Waals surface area contributed by atoms with Crippen molar-refractivity contribution in [3.8, 4) is 0 Å². The van der Waals surface area contributed by atoms with E-state index in [4.69, 9.17) is 12.6 Å². The molecular formula is C36H32N2O17S5. The van der Waals surface area contributed by atoms with E-state index in [1.165, 1.54) is 41.0 Å². The summed E-state index contributed by atoms with van der Waals surface area (Å²) in [5, 5.41) is 11.2. The lowest BCUT2D eigenvalue weighted by Gasteiger charge is -2.11. The van der Waals surface area contributed by atoms with Crippen LogP contribution < -0.4 is 5.35 Å². The van der Waals surface area contributed by atoms with Gasteiger partial charge in [0.1, 0.15) is 15.0 Å². The first-order valence-corrected chi connectivity index (χ1v) is 24.0. The average Bonchev–Trinajstić information content (AvgIpc) is 3.59. The van der Waals surface area contributed by atoms with Gasteiger partial charge in [-0.15, -0.1) is 12.6 Å². The zero-order valence-corrected chi connectivity index (χ0v) is 34.6. The molecule has 0 bridgehead atoms. The summed E-state index contributed by atoms with van der Waals surface area (Å²) in [5.74, 6) is -1.68. The van der Waals surface area contributed by atoms with Crippen LogP contribution in [0.2, 0.25) is 0 Å². The number of carboxylic acid groups (broad SMARTS) is 1. The third kappa shape index (κ3) is 10.3. The number of benzene rings is 4. The first-order valence-electron chi connectivity index (χ1n) is 17.1. The van der Waals surface area contributed by atoms with Crippen molar-refractivity contribution in [3.63, 3.8) is 0 Å². The molecule has 4 N–H and O–H groups in total. The average molecular weight is 925 g/mol. The molecule has 60 heavy (non-hydrogen) atoms. The van der Waals surface area contributed by atoms with Gasteiger partial charge in [-0.05, 0) is 36.8 Å². The maximum atomic E-state index is 12.6. The van der Waals surface area contributed by atoms with Crippen LogP contribution in [0.3, 0.4) is 0 Å². The number of aliphatic carboxylic acids is 1. The lowest BCUT2D eigenvalue weighted by Crippen LogP contribution is -2.18. The van der Waals surface area contributed by atoms with E-state index in [1.807, 2.05) is 4.57 Å². The number of carboxylic acids is 1. The Labute approximate surface area is 343 Å². The van der Waals surface area contributed by atoms with Crippen molar-refractivity contribution in [1.82, 2.24) is 4.57 Å². The largest absolute Gasteiger partial charge is 0.744 e. The summed E-state index contributed by atoms with van der Waals surface area (Å²) in [6, 6.07) is 12.6. The molecule has 0 atom stereocenters. The van der Waals surface area contributed by atoms with Crippen molar-refractivity contribution in [3.05, 3.63) is 102 Å². The molecule has 5 aromatic rings. The minimum Gasteiger partial charge on any atom is -0.744 e. The molecule has 0 saturated carbocycles. The second-order valence-electron chi connectivity index (χ2n) is 12.9. The number of aryl methyl sites for hydroxylation is 1. The maximum Gasteiger partial charge on any atom is 0.425 e. The first kappa shape index (κ1) is 45.6. The SMILES string of the molecule is O=C(O)CCCn1c(=CC=CC=CC=CC2=[N+](CCCS(=O)(=O)O)c3c(S(=O)(=O)O)cc(S(=O)(=O)O)c4cccc2c34)c2cccc3c(S(=O)(=O)[O-])ccc1c32.O=S(=O)=O. The van der Waals surface area contributed by atoms with Gasteiger partial charge in [0.25, 0.3) is 20.2 Å². The van der Waals surface area contributed by atoms with Crippen LogP contribution in [0.1, 0.15) is 24.8 Å². The molecule has 0 spiro atoms. The van der Waals surface area contributed by atoms with E-state index in [1.54, 1.807) is 54.7 Å². The fourth-order valence-corrected chi connectivity index (χ4v) is 9.64. The molecule has 0 amide bonds. The Morgan fingerprint density at radius 3 is 1.92 bits per heavy atom. The van der Waals surface area contributed by atoms with Crippen molar-refractivity contribution in [1.29, 1.82) is 0 Å². The summed E-state index contributed by atoms with van der Waals surface area (Å²) in [6.45, 7) is 0.0752. The number of rotatable bonds is 15. The fourth-order valence-electron chi connectivity index (χ4n) is 6.96. The van der Waals surface area contributed by atoms with Gasteiger partial charge in [0, 0.05) is 57.9 Å². The zero-order chi connectivity index (χ0) is 44.4. The van der Waals surface area contributed by atoms with Crippen LogP contribution in [0.25, 0.3) is 38.5 Å². The molecular weight excluding hydrogens is 893 g/mol. The number of nitrogens with zero attached hydrogens (tertiary/aromatic N) is 2. The highest BCUT2D eigenvalue weighted by molar-refractivity contribution is 7.87. The molecule has 2 heterocycles. The Morgan fingerprint density at radius 1 is 0.733 bits per heavy atom. The van der Waals surface area contributed by atoms with E-state index in [0.29, 0.717) is 33.3 Å². The number of aromatic nitrogens is 1. The van der Waals surface area contributed by atoms with E-state index in [0.717, 1.165) is 0 Å². The van der Waals surface area contributed by atoms with Crippen molar-refractivity contribution >= 4 is 107 Å². The first-order chi connectivity index (χ1) is 27.9. The number of hydrogen-bond donors (Lipinski definition) is 4. The Balaban J connectivity index is 0.00000163. The molecule has 1 aliphatic heterocycles. The van der Waals surface area contributed by atoms with Gasteiger partial charge in [0.15, 0.2) is 11.4 Å². The molecule has 1 aromatic heterocycles. The quantitative estimate of drug-likeness (QED) is 0.0666. The highest BCUT2D eigenvalue weighted by atomic mass is 32.2. The van der Waals surface area contributed by atoms with Gasteiger partial charge in [-0.1, -0.05) is 60.7 Å². The highest BCUT2D eigenvalue weighted by Crippen LogP contribution is 2.43. The molecule has 1 aliphatic rings. The van der Waals surface area contributed by atoms with Crippen LogP contribution in [0.5, 0.6) is 0 Å². The molecule has 0 saturated heterocycles. The topological polar surface area (TPSA) is 317 Å². The fraction of sp³-hybridized carbons (Fsp3) is 0.167. The molecule has 0 unspecified atom stereocenters. The second kappa shape index (κ2) is 17.6. The number of carbonyl (C=O) groups is 1.